The second kappa shape index (κ2) is 6.58. The molecule has 1 aromatic heterocycles. The molecule has 5 nitrogen and oxygen atoms in total. The summed E-state index contributed by atoms with van der Waals surface area (Å²) < 4.78 is 0. The highest BCUT2D eigenvalue weighted by molar-refractivity contribution is 7.13. The molecule has 0 radical (unpaired) electrons. The van der Waals surface area contributed by atoms with E-state index in [2.05, 4.69) is 41.5 Å². The number of nitrogens with one attached hydrogen (secondary N) is 1. The number of hydrogen-bond donors (Lipinski definition) is 1. The van der Waals surface area contributed by atoms with E-state index in [-0.39, 0.29) is 5.69 Å². The molecule has 0 aliphatic rings. The van der Waals surface area contributed by atoms with Crippen LogP contribution in [0.15, 0.2) is 53.9 Å². The first kappa shape index (κ1) is 15.2. The zero-order chi connectivity index (χ0) is 16.2. The van der Waals surface area contributed by atoms with Crippen LogP contribution in [-0.4, -0.2) is 9.91 Å². The Hall–Kier alpha value is -2.73. The topological polar surface area (TPSA) is 68.1 Å². The third-order valence-electron chi connectivity index (χ3n) is 3.38. The lowest BCUT2D eigenvalue weighted by Crippen LogP contribution is -2.00. The van der Waals surface area contributed by atoms with Crippen molar-refractivity contribution in [3.63, 3.8) is 0 Å². The van der Waals surface area contributed by atoms with Gasteiger partial charge in [-0.25, -0.2) is 4.98 Å². The quantitative estimate of drug-likeness (QED) is 0.548. The number of aryl methyl sites for hydroxylation is 1. The molecule has 0 saturated heterocycles. The van der Waals surface area contributed by atoms with Gasteiger partial charge in [0.1, 0.15) is 5.01 Å². The predicted octanol–water partition coefficient (Wildman–Crippen LogP) is 4.64. The predicted molar refractivity (Wildman–Crippen MR) is 92.7 cm³/mol. The fourth-order valence-electron chi connectivity index (χ4n) is 2.14. The molecule has 0 saturated carbocycles. The fourth-order valence-corrected chi connectivity index (χ4v) is 2.96. The monoisotopic (exact) mass is 325 g/mol. The number of nitro benzene ring substituents is 1. The lowest BCUT2D eigenvalue weighted by Gasteiger charge is -2.03. The Bertz CT molecular complexity index is 828. The minimum Gasteiger partial charge on any atom is -0.379 e. The molecule has 3 aromatic rings. The summed E-state index contributed by atoms with van der Waals surface area (Å²) in [6.07, 6.45) is 0. The van der Waals surface area contributed by atoms with Crippen LogP contribution in [0.4, 0.5) is 11.4 Å². The van der Waals surface area contributed by atoms with E-state index in [1.807, 2.05) is 5.38 Å². The Morgan fingerprint density at radius 1 is 1.22 bits per heavy atom. The molecule has 0 atom stereocenters. The highest BCUT2D eigenvalue weighted by Crippen LogP contribution is 2.24. The maximum absolute atomic E-state index is 10.8. The number of aromatic nitrogens is 1. The summed E-state index contributed by atoms with van der Waals surface area (Å²) >= 11 is 1.59. The molecule has 0 unspecified atom stereocenters. The molecule has 116 valence electrons. The van der Waals surface area contributed by atoms with E-state index >= 15 is 0 Å². The molecule has 1 N–H and O–H groups in total. The molecule has 1 heterocycles. The summed E-state index contributed by atoms with van der Waals surface area (Å²) in [5.41, 5.74) is 4.02. The fraction of sp³-hybridized carbons (Fsp3) is 0.118. The molecule has 0 bridgehead atoms. The second-order valence-corrected chi connectivity index (χ2v) is 6.03. The Labute approximate surface area is 137 Å². The van der Waals surface area contributed by atoms with Gasteiger partial charge in [0.15, 0.2) is 0 Å². The van der Waals surface area contributed by atoms with Gasteiger partial charge in [0.25, 0.3) is 5.69 Å². The van der Waals surface area contributed by atoms with Crippen LogP contribution < -0.4 is 5.32 Å². The number of thiazole rings is 1. The second-order valence-electron chi connectivity index (χ2n) is 5.17. The molecule has 2 aromatic carbocycles. The Balaban J connectivity index is 1.69. The number of anilines is 1. The average molecular weight is 325 g/mol. The van der Waals surface area contributed by atoms with Gasteiger partial charge < -0.3 is 5.32 Å². The van der Waals surface area contributed by atoms with E-state index in [0.29, 0.717) is 12.2 Å². The van der Waals surface area contributed by atoms with Crippen LogP contribution in [0.25, 0.3) is 10.6 Å². The van der Waals surface area contributed by atoms with Crippen LogP contribution in [0.3, 0.4) is 0 Å². The summed E-state index contributed by atoms with van der Waals surface area (Å²) in [6, 6.07) is 14.7. The van der Waals surface area contributed by atoms with Crippen molar-refractivity contribution in [2.75, 3.05) is 5.32 Å². The van der Waals surface area contributed by atoms with Gasteiger partial charge in [0.05, 0.1) is 17.2 Å². The molecule has 23 heavy (non-hydrogen) atoms. The maximum atomic E-state index is 10.8. The molecular formula is C17H15N3O2S. The molecular weight excluding hydrogens is 310 g/mol. The van der Waals surface area contributed by atoms with Crippen LogP contribution in [0.2, 0.25) is 0 Å². The third kappa shape index (κ3) is 3.73. The van der Waals surface area contributed by atoms with E-state index in [1.165, 1.54) is 17.7 Å². The lowest BCUT2D eigenvalue weighted by molar-refractivity contribution is -0.384. The molecule has 0 fully saturated rings. The highest BCUT2D eigenvalue weighted by Gasteiger charge is 2.07. The highest BCUT2D eigenvalue weighted by atomic mass is 32.1. The normalized spacial score (nSPS) is 10.5. The van der Waals surface area contributed by atoms with Crippen molar-refractivity contribution in [3.8, 4) is 10.6 Å². The molecule has 0 aliphatic heterocycles. The Morgan fingerprint density at radius 2 is 2.00 bits per heavy atom. The minimum absolute atomic E-state index is 0.0774. The van der Waals surface area contributed by atoms with Gasteiger partial charge in [0.2, 0.25) is 0 Å². The lowest BCUT2D eigenvalue weighted by atomic mass is 10.2. The van der Waals surface area contributed by atoms with Crippen LogP contribution in [0.5, 0.6) is 0 Å². The summed E-state index contributed by atoms with van der Waals surface area (Å²) in [5.74, 6) is 0. The SMILES string of the molecule is Cc1ccc(-c2nc(CNc3cccc([N+](=O)[O-])c3)cs2)cc1. The van der Waals surface area contributed by atoms with Crippen LogP contribution in [0.1, 0.15) is 11.3 Å². The minimum atomic E-state index is -0.399. The first-order valence-corrected chi connectivity index (χ1v) is 7.99. The number of hydrogen-bond acceptors (Lipinski definition) is 5. The van der Waals surface area contributed by atoms with Gasteiger partial charge in [-0.1, -0.05) is 35.9 Å². The summed E-state index contributed by atoms with van der Waals surface area (Å²) in [4.78, 5) is 15.0. The zero-order valence-electron chi connectivity index (χ0n) is 12.5. The van der Waals surface area contributed by atoms with Crippen molar-refractivity contribution in [2.45, 2.75) is 13.5 Å². The molecule has 3 rings (SSSR count). The average Bonchev–Trinajstić information content (AvgIpc) is 3.03. The number of benzene rings is 2. The molecule has 0 aliphatic carbocycles. The van der Waals surface area contributed by atoms with Gasteiger partial charge in [-0.15, -0.1) is 11.3 Å². The zero-order valence-corrected chi connectivity index (χ0v) is 13.3. The molecule has 0 spiro atoms. The van der Waals surface area contributed by atoms with Crippen molar-refractivity contribution in [1.82, 2.24) is 4.98 Å². The summed E-state index contributed by atoms with van der Waals surface area (Å²) in [5, 5.41) is 16.9. The van der Waals surface area contributed by atoms with Crippen molar-refractivity contribution in [3.05, 3.63) is 75.3 Å². The van der Waals surface area contributed by atoms with Crippen LogP contribution in [-0.2, 0) is 6.54 Å². The third-order valence-corrected chi connectivity index (χ3v) is 4.32. The van der Waals surface area contributed by atoms with Crippen molar-refractivity contribution in [1.29, 1.82) is 0 Å². The Kier molecular flexibility index (Phi) is 4.34. The van der Waals surface area contributed by atoms with Crippen molar-refractivity contribution >= 4 is 22.7 Å². The van der Waals surface area contributed by atoms with Gasteiger partial charge in [-0.05, 0) is 13.0 Å². The van der Waals surface area contributed by atoms with Gasteiger partial charge in [-0.3, -0.25) is 10.1 Å². The first-order valence-electron chi connectivity index (χ1n) is 7.11. The van der Waals surface area contributed by atoms with Crippen molar-refractivity contribution < 1.29 is 4.92 Å². The van der Waals surface area contributed by atoms with Crippen molar-refractivity contribution in [2.24, 2.45) is 0 Å². The van der Waals surface area contributed by atoms with E-state index in [0.717, 1.165) is 16.3 Å². The van der Waals surface area contributed by atoms with Crippen LogP contribution in [0, 0.1) is 17.0 Å². The van der Waals surface area contributed by atoms with Gasteiger partial charge in [-0.2, -0.15) is 0 Å². The molecule has 0 amide bonds. The van der Waals surface area contributed by atoms with E-state index < -0.39 is 4.92 Å². The van der Waals surface area contributed by atoms with E-state index in [1.54, 1.807) is 23.5 Å². The maximum Gasteiger partial charge on any atom is 0.271 e. The van der Waals surface area contributed by atoms with E-state index in [4.69, 9.17) is 0 Å². The largest absolute Gasteiger partial charge is 0.379 e. The standard InChI is InChI=1S/C17H15N3O2S/c1-12-5-7-13(8-6-12)17-19-15(11-23-17)10-18-14-3-2-4-16(9-14)20(21)22/h2-9,11,18H,10H2,1H3. The van der Waals surface area contributed by atoms with Gasteiger partial charge in [0, 0.05) is 28.8 Å². The van der Waals surface area contributed by atoms with E-state index in [9.17, 15) is 10.1 Å². The number of rotatable bonds is 5. The molecule has 6 heteroatoms. The Morgan fingerprint density at radius 3 is 2.74 bits per heavy atom. The van der Waals surface area contributed by atoms with Gasteiger partial charge >= 0.3 is 0 Å². The first-order chi connectivity index (χ1) is 11.1. The summed E-state index contributed by atoms with van der Waals surface area (Å²) in [7, 11) is 0. The number of nitrogens with zero attached hydrogens (tertiary/aromatic N) is 2. The van der Waals surface area contributed by atoms with Crippen LogP contribution >= 0.6 is 11.3 Å². The number of non-ortho nitro benzene ring substituents is 1. The summed E-state index contributed by atoms with van der Waals surface area (Å²) in [6.45, 7) is 2.59. The smallest absolute Gasteiger partial charge is 0.271 e. The number of nitro groups is 1.